The third-order valence-corrected chi connectivity index (χ3v) is 3.18. The number of amides is 1. The molecule has 0 atom stereocenters. The summed E-state index contributed by atoms with van der Waals surface area (Å²) in [5.41, 5.74) is 0.470. The molecule has 0 aliphatic carbocycles. The van der Waals surface area contributed by atoms with E-state index in [0.29, 0.717) is 17.2 Å². The van der Waals surface area contributed by atoms with Crippen LogP contribution in [0.1, 0.15) is 0 Å². The largest absolute Gasteiger partial charge is 0.455 e. The normalized spacial score (nSPS) is 10.2. The minimum atomic E-state index is -0.624. The van der Waals surface area contributed by atoms with Crippen molar-refractivity contribution >= 4 is 17.6 Å². The molecular formula is C17H15N5O4. The van der Waals surface area contributed by atoms with Crippen molar-refractivity contribution in [1.29, 1.82) is 0 Å². The molecule has 1 heterocycles. The Morgan fingerprint density at radius 1 is 1.04 bits per heavy atom. The number of carbonyl (C=O) groups is 2. The lowest BCUT2D eigenvalue weighted by Crippen LogP contribution is -2.23. The molecule has 0 saturated heterocycles. The Morgan fingerprint density at radius 2 is 1.81 bits per heavy atom. The number of tetrazole rings is 1. The Hall–Kier alpha value is -3.75. The Morgan fingerprint density at radius 3 is 2.58 bits per heavy atom. The summed E-state index contributed by atoms with van der Waals surface area (Å²) in [5, 5.41) is 13.0. The second-order valence-electron chi connectivity index (χ2n) is 5.13. The molecule has 1 amide bonds. The summed E-state index contributed by atoms with van der Waals surface area (Å²) >= 11 is 0. The van der Waals surface area contributed by atoms with Crippen LogP contribution in [0.4, 0.5) is 5.69 Å². The molecule has 0 aliphatic heterocycles. The number of anilines is 1. The molecule has 0 saturated carbocycles. The van der Waals surface area contributed by atoms with Crippen molar-refractivity contribution in [2.75, 3.05) is 11.9 Å². The van der Waals surface area contributed by atoms with Crippen LogP contribution in [-0.2, 0) is 20.9 Å². The maximum Gasteiger partial charge on any atom is 0.328 e. The van der Waals surface area contributed by atoms with Crippen molar-refractivity contribution in [1.82, 2.24) is 20.2 Å². The number of nitrogens with one attached hydrogen (secondary N) is 1. The van der Waals surface area contributed by atoms with Crippen molar-refractivity contribution in [3.05, 3.63) is 60.9 Å². The minimum absolute atomic E-state index is 0.173. The van der Waals surface area contributed by atoms with Gasteiger partial charge in [-0.15, -0.1) is 5.10 Å². The molecule has 9 nitrogen and oxygen atoms in total. The summed E-state index contributed by atoms with van der Waals surface area (Å²) in [5.74, 6) is 0.00887. The van der Waals surface area contributed by atoms with Crippen LogP contribution in [0.25, 0.3) is 0 Å². The van der Waals surface area contributed by atoms with Gasteiger partial charge in [-0.1, -0.05) is 30.3 Å². The number of nitrogens with zero attached hydrogens (tertiary/aromatic N) is 4. The lowest BCUT2D eigenvalue weighted by atomic mass is 10.3. The van der Waals surface area contributed by atoms with Gasteiger partial charge in [0.2, 0.25) is 0 Å². The van der Waals surface area contributed by atoms with Crippen molar-refractivity contribution in [2.45, 2.75) is 6.54 Å². The number of rotatable bonds is 7. The topological polar surface area (TPSA) is 108 Å². The van der Waals surface area contributed by atoms with Crippen molar-refractivity contribution in [3.63, 3.8) is 0 Å². The molecule has 0 unspecified atom stereocenters. The molecule has 0 aliphatic rings. The fourth-order valence-electron chi connectivity index (χ4n) is 2.04. The first-order valence-electron chi connectivity index (χ1n) is 7.69. The van der Waals surface area contributed by atoms with Gasteiger partial charge in [-0.2, -0.15) is 0 Å². The van der Waals surface area contributed by atoms with E-state index in [9.17, 15) is 9.59 Å². The van der Waals surface area contributed by atoms with E-state index in [0.717, 1.165) is 0 Å². The smallest absolute Gasteiger partial charge is 0.328 e. The first-order chi connectivity index (χ1) is 12.7. The van der Waals surface area contributed by atoms with E-state index in [1.54, 1.807) is 36.4 Å². The van der Waals surface area contributed by atoms with Crippen LogP contribution in [0.2, 0.25) is 0 Å². The number of ether oxygens (including phenoxy) is 2. The monoisotopic (exact) mass is 353 g/mol. The maximum atomic E-state index is 12.0. The van der Waals surface area contributed by atoms with Gasteiger partial charge in [0, 0.05) is 0 Å². The Balaban J connectivity index is 1.55. The van der Waals surface area contributed by atoms with Gasteiger partial charge in [0.1, 0.15) is 18.6 Å². The number of para-hydroxylation sites is 3. The Bertz CT molecular complexity index is 868. The highest BCUT2D eigenvalue weighted by Crippen LogP contribution is 2.28. The average molecular weight is 353 g/mol. The summed E-state index contributed by atoms with van der Waals surface area (Å²) in [7, 11) is 0. The second kappa shape index (κ2) is 8.38. The van der Waals surface area contributed by atoms with Crippen LogP contribution in [0, 0.1) is 0 Å². The van der Waals surface area contributed by atoms with Crippen LogP contribution in [0.3, 0.4) is 0 Å². The fourth-order valence-corrected chi connectivity index (χ4v) is 2.04. The summed E-state index contributed by atoms with van der Waals surface area (Å²) in [6, 6.07) is 16.2. The molecule has 132 valence electrons. The quantitative estimate of drug-likeness (QED) is 0.643. The second-order valence-corrected chi connectivity index (χ2v) is 5.13. The van der Waals surface area contributed by atoms with Gasteiger partial charge < -0.3 is 14.8 Å². The van der Waals surface area contributed by atoms with Crippen LogP contribution >= 0.6 is 0 Å². The first-order valence-corrected chi connectivity index (χ1v) is 7.69. The third kappa shape index (κ3) is 4.87. The van der Waals surface area contributed by atoms with Gasteiger partial charge in [-0.25, -0.2) is 4.68 Å². The molecule has 1 N–H and O–H groups in total. The van der Waals surface area contributed by atoms with Gasteiger partial charge >= 0.3 is 5.97 Å². The van der Waals surface area contributed by atoms with Crippen molar-refractivity contribution in [2.24, 2.45) is 0 Å². The number of benzene rings is 2. The zero-order chi connectivity index (χ0) is 18.2. The van der Waals surface area contributed by atoms with E-state index in [2.05, 4.69) is 20.8 Å². The predicted octanol–water partition coefficient (Wildman–Crippen LogP) is 1.65. The van der Waals surface area contributed by atoms with Gasteiger partial charge in [-0.3, -0.25) is 9.59 Å². The Labute approximate surface area is 148 Å². The van der Waals surface area contributed by atoms with Gasteiger partial charge in [0.05, 0.1) is 5.69 Å². The van der Waals surface area contributed by atoms with E-state index in [-0.39, 0.29) is 6.54 Å². The standard InChI is InChI=1S/C17H15N5O4/c23-16(11-25-17(24)10-22-12-18-20-21-22)19-14-8-4-5-9-15(14)26-13-6-2-1-3-7-13/h1-9,12H,10-11H2,(H,19,23). The van der Waals surface area contributed by atoms with E-state index >= 15 is 0 Å². The highest BCUT2D eigenvalue weighted by molar-refractivity contribution is 5.94. The van der Waals surface area contributed by atoms with Gasteiger partial charge in [0.25, 0.3) is 5.91 Å². The molecule has 1 aromatic heterocycles. The lowest BCUT2D eigenvalue weighted by Gasteiger charge is -2.12. The molecule has 3 aromatic rings. The summed E-state index contributed by atoms with van der Waals surface area (Å²) in [4.78, 5) is 23.7. The number of hydrogen-bond acceptors (Lipinski definition) is 7. The molecule has 9 heteroatoms. The molecule has 0 radical (unpaired) electrons. The van der Waals surface area contributed by atoms with E-state index in [1.165, 1.54) is 11.0 Å². The van der Waals surface area contributed by atoms with Crippen molar-refractivity contribution < 1.29 is 19.1 Å². The summed E-state index contributed by atoms with van der Waals surface area (Å²) in [6.45, 7) is -0.603. The highest BCUT2D eigenvalue weighted by atomic mass is 16.5. The van der Waals surface area contributed by atoms with Crippen molar-refractivity contribution in [3.8, 4) is 11.5 Å². The number of carbonyl (C=O) groups excluding carboxylic acids is 2. The zero-order valence-corrected chi connectivity index (χ0v) is 13.6. The fraction of sp³-hybridized carbons (Fsp3) is 0.118. The Kier molecular flexibility index (Phi) is 5.51. The molecular weight excluding hydrogens is 338 g/mol. The predicted molar refractivity (Wildman–Crippen MR) is 90.4 cm³/mol. The van der Waals surface area contributed by atoms with Crippen LogP contribution in [-0.4, -0.2) is 38.7 Å². The average Bonchev–Trinajstić information content (AvgIpc) is 3.15. The maximum absolute atomic E-state index is 12.0. The number of esters is 1. The molecule has 0 fully saturated rings. The molecule has 0 bridgehead atoms. The molecule has 3 rings (SSSR count). The SMILES string of the molecule is O=C(COC(=O)Cn1cnnn1)Nc1ccccc1Oc1ccccc1. The van der Waals surface area contributed by atoms with E-state index < -0.39 is 18.5 Å². The highest BCUT2D eigenvalue weighted by Gasteiger charge is 2.12. The number of hydrogen-bond donors (Lipinski definition) is 1. The molecule has 26 heavy (non-hydrogen) atoms. The van der Waals surface area contributed by atoms with Crippen LogP contribution in [0.5, 0.6) is 11.5 Å². The minimum Gasteiger partial charge on any atom is -0.455 e. The lowest BCUT2D eigenvalue weighted by molar-refractivity contribution is -0.148. The van der Waals surface area contributed by atoms with E-state index in [1.807, 2.05) is 18.2 Å². The number of aromatic nitrogens is 4. The van der Waals surface area contributed by atoms with Crippen LogP contribution in [0.15, 0.2) is 60.9 Å². The molecule has 2 aromatic carbocycles. The van der Waals surface area contributed by atoms with Crippen LogP contribution < -0.4 is 10.1 Å². The third-order valence-electron chi connectivity index (χ3n) is 3.18. The molecule has 0 spiro atoms. The zero-order valence-electron chi connectivity index (χ0n) is 13.6. The summed E-state index contributed by atoms with van der Waals surface area (Å²) < 4.78 is 11.9. The van der Waals surface area contributed by atoms with E-state index in [4.69, 9.17) is 9.47 Å². The van der Waals surface area contributed by atoms with Gasteiger partial charge in [0.15, 0.2) is 12.4 Å². The van der Waals surface area contributed by atoms with Gasteiger partial charge in [-0.05, 0) is 34.7 Å². The summed E-state index contributed by atoms with van der Waals surface area (Å²) in [6.07, 6.45) is 1.28. The first kappa shape index (κ1) is 17.1.